The summed E-state index contributed by atoms with van der Waals surface area (Å²) in [6.07, 6.45) is 42.1. The summed E-state index contributed by atoms with van der Waals surface area (Å²) in [5.74, 6) is 0. The average Bonchev–Trinajstić information content (AvgIpc) is 3.11. The third kappa shape index (κ3) is 23.4. The van der Waals surface area contributed by atoms with Crippen LogP contribution in [0.25, 0.3) is 0 Å². The largest absolute Gasteiger partial charge is 0.383 e. The Bertz CT molecular complexity index is 875. The maximum Gasteiger partial charge on any atom is 0.0373 e. The molecule has 2 nitrogen and oxygen atoms in total. The van der Waals surface area contributed by atoms with Crippen molar-refractivity contribution < 1.29 is 0 Å². The molecule has 274 valence electrons. The van der Waals surface area contributed by atoms with Gasteiger partial charge in [-0.15, -0.1) is 0 Å². The molecule has 0 aliphatic heterocycles. The standard InChI is InChI=1S/C46H80N2/c1-3-5-7-9-11-13-15-17-19-21-23-25-27-29-35-43-37-31-33-39-45(43)47-41-42-48-46-40-34-32-38-44(46)36-30-28-26-24-22-20-18-16-14-12-10-8-6-4-2/h31-34,37-40,47-48H,3-30,35-36,41-42H2,1-2H3. The van der Waals surface area contributed by atoms with Gasteiger partial charge >= 0.3 is 0 Å². The quantitative estimate of drug-likeness (QED) is 0.0719. The summed E-state index contributed by atoms with van der Waals surface area (Å²) in [6.45, 7) is 6.50. The number of para-hydroxylation sites is 2. The summed E-state index contributed by atoms with van der Waals surface area (Å²) < 4.78 is 0. The Balaban J connectivity index is 1.49. The summed E-state index contributed by atoms with van der Waals surface area (Å²) in [7, 11) is 0. The van der Waals surface area contributed by atoms with Crippen molar-refractivity contribution in [1.29, 1.82) is 0 Å². The van der Waals surface area contributed by atoms with Crippen LogP contribution >= 0.6 is 0 Å². The summed E-state index contributed by atoms with van der Waals surface area (Å²) in [4.78, 5) is 0. The fourth-order valence-electron chi connectivity index (χ4n) is 7.24. The minimum atomic E-state index is 0.947. The van der Waals surface area contributed by atoms with E-state index in [0.29, 0.717) is 0 Å². The summed E-state index contributed by atoms with van der Waals surface area (Å²) in [5.41, 5.74) is 5.61. The lowest BCUT2D eigenvalue weighted by Gasteiger charge is -2.15. The van der Waals surface area contributed by atoms with Crippen LogP contribution in [0.15, 0.2) is 48.5 Å². The molecule has 2 aromatic carbocycles. The Labute approximate surface area is 300 Å². The van der Waals surface area contributed by atoms with Gasteiger partial charge in [0.2, 0.25) is 0 Å². The maximum absolute atomic E-state index is 3.74. The molecule has 0 unspecified atom stereocenters. The van der Waals surface area contributed by atoms with E-state index in [0.717, 1.165) is 13.1 Å². The second-order valence-electron chi connectivity index (χ2n) is 14.9. The van der Waals surface area contributed by atoms with Gasteiger partial charge in [0.25, 0.3) is 0 Å². The van der Waals surface area contributed by atoms with Crippen LogP contribution in [0.2, 0.25) is 0 Å². The van der Waals surface area contributed by atoms with Crippen LogP contribution in [0.5, 0.6) is 0 Å². The van der Waals surface area contributed by atoms with Crippen molar-refractivity contribution in [2.75, 3.05) is 23.7 Å². The highest BCUT2D eigenvalue weighted by Gasteiger charge is 2.04. The smallest absolute Gasteiger partial charge is 0.0373 e. The molecule has 0 heterocycles. The predicted molar refractivity (Wildman–Crippen MR) is 218 cm³/mol. The Morgan fingerprint density at radius 1 is 0.312 bits per heavy atom. The Kier molecular flexibility index (Phi) is 28.4. The number of aryl methyl sites for hydroxylation is 2. The summed E-state index contributed by atoms with van der Waals surface area (Å²) in [5, 5.41) is 7.48. The van der Waals surface area contributed by atoms with E-state index in [9.17, 15) is 0 Å². The van der Waals surface area contributed by atoms with Crippen LogP contribution in [0.3, 0.4) is 0 Å². The van der Waals surface area contributed by atoms with E-state index >= 15 is 0 Å². The van der Waals surface area contributed by atoms with Crippen LogP contribution in [-0.2, 0) is 12.8 Å². The van der Waals surface area contributed by atoms with Gasteiger partial charge in [0.15, 0.2) is 0 Å². The first-order chi connectivity index (χ1) is 23.8. The number of rotatable bonds is 35. The van der Waals surface area contributed by atoms with Gasteiger partial charge in [-0.05, 0) is 48.9 Å². The number of hydrogen-bond donors (Lipinski definition) is 2. The van der Waals surface area contributed by atoms with E-state index in [1.165, 1.54) is 215 Å². The lowest BCUT2D eigenvalue weighted by Crippen LogP contribution is -2.15. The van der Waals surface area contributed by atoms with E-state index in [2.05, 4.69) is 73.0 Å². The molecule has 48 heavy (non-hydrogen) atoms. The molecule has 2 aromatic rings. The van der Waals surface area contributed by atoms with Crippen LogP contribution in [0, 0.1) is 0 Å². The number of unbranched alkanes of at least 4 members (excludes halogenated alkanes) is 26. The zero-order valence-electron chi connectivity index (χ0n) is 32.2. The van der Waals surface area contributed by atoms with Gasteiger partial charge in [0.1, 0.15) is 0 Å². The van der Waals surface area contributed by atoms with E-state index in [1.807, 2.05) is 0 Å². The van der Waals surface area contributed by atoms with E-state index < -0.39 is 0 Å². The minimum absolute atomic E-state index is 0.947. The monoisotopic (exact) mass is 661 g/mol. The van der Waals surface area contributed by atoms with Gasteiger partial charge < -0.3 is 10.6 Å². The van der Waals surface area contributed by atoms with Crippen LogP contribution < -0.4 is 10.6 Å². The van der Waals surface area contributed by atoms with Gasteiger partial charge in [-0.3, -0.25) is 0 Å². The van der Waals surface area contributed by atoms with E-state index in [4.69, 9.17) is 0 Å². The van der Waals surface area contributed by atoms with Crippen LogP contribution in [0.1, 0.15) is 205 Å². The number of anilines is 2. The second-order valence-corrected chi connectivity index (χ2v) is 14.9. The molecular formula is C46H80N2. The zero-order chi connectivity index (χ0) is 34.0. The first-order valence-corrected chi connectivity index (χ1v) is 21.5. The Morgan fingerprint density at radius 2 is 0.562 bits per heavy atom. The van der Waals surface area contributed by atoms with Crippen molar-refractivity contribution in [3.05, 3.63) is 59.7 Å². The second kappa shape index (κ2) is 32.3. The molecule has 0 aromatic heterocycles. The van der Waals surface area contributed by atoms with Crippen molar-refractivity contribution in [1.82, 2.24) is 0 Å². The fourth-order valence-corrected chi connectivity index (χ4v) is 7.24. The zero-order valence-corrected chi connectivity index (χ0v) is 32.2. The maximum atomic E-state index is 3.74. The summed E-state index contributed by atoms with van der Waals surface area (Å²) in [6, 6.07) is 17.9. The third-order valence-corrected chi connectivity index (χ3v) is 10.4. The lowest BCUT2D eigenvalue weighted by molar-refractivity contribution is 0.535. The number of hydrogen-bond acceptors (Lipinski definition) is 2. The average molecular weight is 661 g/mol. The van der Waals surface area contributed by atoms with Crippen LogP contribution in [-0.4, -0.2) is 13.1 Å². The lowest BCUT2D eigenvalue weighted by atomic mass is 10.0. The van der Waals surface area contributed by atoms with Crippen molar-refractivity contribution in [3.8, 4) is 0 Å². The molecular weight excluding hydrogens is 581 g/mol. The minimum Gasteiger partial charge on any atom is -0.383 e. The van der Waals surface area contributed by atoms with Crippen molar-refractivity contribution in [2.45, 2.75) is 206 Å². The third-order valence-electron chi connectivity index (χ3n) is 10.4. The highest BCUT2D eigenvalue weighted by atomic mass is 14.9. The molecule has 0 bridgehead atoms. The van der Waals surface area contributed by atoms with E-state index in [-0.39, 0.29) is 0 Å². The first-order valence-electron chi connectivity index (χ1n) is 21.5. The van der Waals surface area contributed by atoms with Gasteiger partial charge in [0.05, 0.1) is 0 Å². The van der Waals surface area contributed by atoms with Crippen molar-refractivity contribution in [2.24, 2.45) is 0 Å². The summed E-state index contributed by atoms with van der Waals surface area (Å²) >= 11 is 0. The number of nitrogens with one attached hydrogen (secondary N) is 2. The van der Waals surface area contributed by atoms with Gasteiger partial charge in [-0.2, -0.15) is 0 Å². The molecule has 0 atom stereocenters. The van der Waals surface area contributed by atoms with Crippen molar-refractivity contribution in [3.63, 3.8) is 0 Å². The molecule has 0 fully saturated rings. The molecule has 0 aliphatic rings. The van der Waals surface area contributed by atoms with Crippen molar-refractivity contribution >= 4 is 11.4 Å². The molecule has 0 saturated heterocycles. The van der Waals surface area contributed by atoms with E-state index in [1.54, 1.807) is 0 Å². The Hall–Kier alpha value is -1.96. The van der Waals surface area contributed by atoms with Gasteiger partial charge in [0, 0.05) is 24.5 Å². The Morgan fingerprint density at radius 3 is 0.854 bits per heavy atom. The molecule has 0 amide bonds. The molecule has 0 spiro atoms. The fraction of sp³-hybridized carbons (Fsp3) is 0.739. The topological polar surface area (TPSA) is 24.1 Å². The molecule has 2 N–H and O–H groups in total. The SMILES string of the molecule is CCCCCCCCCCCCCCCCc1ccccc1NCCNc1ccccc1CCCCCCCCCCCCCCCC. The molecule has 0 radical (unpaired) electrons. The molecule has 0 aliphatic carbocycles. The molecule has 2 rings (SSSR count). The first kappa shape index (κ1) is 42.2. The molecule has 2 heteroatoms. The van der Waals surface area contributed by atoms with Gasteiger partial charge in [-0.25, -0.2) is 0 Å². The normalized spacial score (nSPS) is 11.3. The van der Waals surface area contributed by atoms with Gasteiger partial charge in [-0.1, -0.05) is 217 Å². The van der Waals surface area contributed by atoms with Crippen LogP contribution in [0.4, 0.5) is 11.4 Å². The predicted octanol–water partition coefficient (Wildman–Crippen LogP) is 15.3. The highest BCUT2D eigenvalue weighted by Crippen LogP contribution is 2.21. The highest BCUT2D eigenvalue weighted by molar-refractivity contribution is 5.53. The number of benzene rings is 2. The molecule has 0 saturated carbocycles.